The second-order valence-electron chi connectivity index (χ2n) is 5.16. The third kappa shape index (κ3) is 6.30. The van der Waals surface area contributed by atoms with Crippen LogP contribution in [0.5, 0.6) is 0 Å². The normalized spacial score (nSPS) is 10.8. The third-order valence-electron chi connectivity index (χ3n) is 3.08. The monoisotopic (exact) mass is 400 g/mol. The molecule has 2 amide bonds. The van der Waals surface area contributed by atoms with Gasteiger partial charge in [-0.05, 0) is 42.5 Å². The van der Waals surface area contributed by atoms with Crippen LogP contribution in [0.4, 0.5) is 24.5 Å². The minimum Gasteiger partial charge on any atom is -0.452 e. The van der Waals surface area contributed by atoms with Gasteiger partial charge in [0.2, 0.25) is 0 Å². The molecule has 0 aliphatic rings. The number of ether oxygens (including phenoxy) is 1. The molecule has 0 aliphatic heterocycles. The van der Waals surface area contributed by atoms with E-state index in [1.54, 1.807) is 23.5 Å². The van der Waals surface area contributed by atoms with Gasteiger partial charge in [-0.25, -0.2) is 4.79 Å². The molecule has 0 fully saturated rings. The molecule has 6 nitrogen and oxygen atoms in total. The van der Waals surface area contributed by atoms with Crippen LogP contribution in [0.25, 0.3) is 0 Å². The van der Waals surface area contributed by atoms with Gasteiger partial charge in [-0.15, -0.1) is 0 Å². The molecule has 142 valence electrons. The number of carbonyl (C=O) groups is 3. The molecule has 0 radical (unpaired) electrons. The highest BCUT2D eigenvalue weighted by molar-refractivity contribution is 6.30. The maximum atomic E-state index is 12.2. The van der Waals surface area contributed by atoms with Crippen molar-refractivity contribution < 1.29 is 32.3 Å². The van der Waals surface area contributed by atoms with Gasteiger partial charge in [-0.1, -0.05) is 17.7 Å². The largest absolute Gasteiger partial charge is 0.471 e. The highest BCUT2D eigenvalue weighted by atomic mass is 35.5. The minimum atomic E-state index is -5.02. The Morgan fingerprint density at radius 2 is 1.63 bits per heavy atom. The van der Waals surface area contributed by atoms with E-state index in [9.17, 15) is 27.6 Å². The Kier molecular flexibility index (Phi) is 6.40. The van der Waals surface area contributed by atoms with E-state index in [1.165, 1.54) is 6.07 Å². The topological polar surface area (TPSA) is 84.5 Å². The Morgan fingerprint density at radius 3 is 2.22 bits per heavy atom. The van der Waals surface area contributed by atoms with Gasteiger partial charge in [0.1, 0.15) is 0 Å². The van der Waals surface area contributed by atoms with E-state index in [2.05, 4.69) is 5.32 Å². The Hall–Kier alpha value is -3.07. The molecule has 0 bridgehead atoms. The van der Waals surface area contributed by atoms with Crippen LogP contribution < -0.4 is 10.6 Å². The van der Waals surface area contributed by atoms with Crippen LogP contribution in [0.15, 0.2) is 48.5 Å². The summed E-state index contributed by atoms with van der Waals surface area (Å²) in [6.45, 7) is -0.572. The maximum absolute atomic E-state index is 12.2. The molecule has 0 heterocycles. The molecule has 2 N–H and O–H groups in total. The zero-order valence-electron chi connectivity index (χ0n) is 13.5. The molecule has 0 unspecified atom stereocenters. The highest BCUT2D eigenvalue weighted by Crippen LogP contribution is 2.19. The van der Waals surface area contributed by atoms with E-state index in [0.29, 0.717) is 10.7 Å². The third-order valence-corrected chi connectivity index (χ3v) is 3.31. The summed E-state index contributed by atoms with van der Waals surface area (Å²) in [6.07, 6.45) is -5.02. The lowest BCUT2D eigenvalue weighted by Crippen LogP contribution is -2.29. The molecule has 2 aromatic rings. The summed E-state index contributed by atoms with van der Waals surface area (Å²) < 4.78 is 41.3. The van der Waals surface area contributed by atoms with Crippen molar-refractivity contribution in [2.75, 3.05) is 17.2 Å². The number of halogens is 4. The van der Waals surface area contributed by atoms with Crippen LogP contribution in [0, 0.1) is 0 Å². The van der Waals surface area contributed by atoms with E-state index >= 15 is 0 Å². The van der Waals surface area contributed by atoms with Crippen molar-refractivity contribution in [1.29, 1.82) is 0 Å². The molecule has 0 aliphatic carbocycles. The van der Waals surface area contributed by atoms with Gasteiger partial charge in [-0.2, -0.15) is 13.2 Å². The lowest BCUT2D eigenvalue weighted by atomic mass is 10.2. The second-order valence-corrected chi connectivity index (χ2v) is 5.60. The van der Waals surface area contributed by atoms with Crippen molar-refractivity contribution in [3.8, 4) is 0 Å². The first-order chi connectivity index (χ1) is 12.6. The fraction of sp³-hybridized carbons (Fsp3) is 0.118. The zero-order valence-corrected chi connectivity index (χ0v) is 14.2. The number of benzene rings is 2. The van der Waals surface area contributed by atoms with Crippen molar-refractivity contribution in [2.45, 2.75) is 6.18 Å². The van der Waals surface area contributed by atoms with Crippen molar-refractivity contribution >= 4 is 40.8 Å². The number of anilines is 2. The van der Waals surface area contributed by atoms with Crippen molar-refractivity contribution in [3.05, 3.63) is 59.1 Å². The van der Waals surface area contributed by atoms with Gasteiger partial charge in [0.25, 0.3) is 5.91 Å². The quantitative estimate of drug-likeness (QED) is 0.750. The highest BCUT2D eigenvalue weighted by Gasteiger charge is 2.38. The van der Waals surface area contributed by atoms with Crippen LogP contribution in [-0.2, 0) is 14.3 Å². The van der Waals surface area contributed by atoms with E-state index in [0.717, 1.165) is 24.3 Å². The molecule has 27 heavy (non-hydrogen) atoms. The number of carbonyl (C=O) groups excluding carboxylic acids is 3. The van der Waals surface area contributed by atoms with E-state index in [4.69, 9.17) is 16.3 Å². The number of hydrogen-bond acceptors (Lipinski definition) is 4. The van der Waals surface area contributed by atoms with Gasteiger partial charge in [-0.3, -0.25) is 9.59 Å². The minimum absolute atomic E-state index is 0.00411. The molecule has 10 heteroatoms. The number of rotatable bonds is 5. The molecule has 0 spiro atoms. The smallest absolute Gasteiger partial charge is 0.452 e. The summed E-state index contributed by atoms with van der Waals surface area (Å²) in [4.78, 5) is 34.4. The fourth-order valence-electron chi connectivity index (χ4n) is 1.87. The second kappa shape index (κ2) is 8.54. The number of esters is 1. The summed E-state index contributed by atoms with van der Waals surface area (Å²) in [6, 6.07) is 10.9. The molecular formula is C17H12ClF3N2O4. The predicted molar refractivity (Wildman–Crippen MR) is 91.5 cm³/mol. The molecule has 2 rings (SSSR count). The number of hydrogen-bond donors (Lipinski definition) is 2. The van der Waals surface area contributed by atoms with Crippen molar-refractivity contribution in [3.63, 3.8) is 0 Å². The Labute approximate surface area is 156 Å². The fourth-order valence-corrected chi connectivity index (χ4v) is 2.06. The lowest BCUT2D eigenvalue weighted by Gasteiger charge is -2.09. The van der Waals surface area contributed by atoms with Crippen LogP contribution in [0.1, 0.15) is 10.4 Å². The maximum Gasteiger partial charge on any atom is 0.471 e. The molecule has 0 aromatic heterocycles. The average molecular weight is 401 g/mol. The predicted octanol–water partition coefficient (Wildman–Crippen LogP) is 3.64. The first kappa shape index (κ1) is 20.2. The van der Waals surface area contributed by atoms with Crippen molar-refractivity contribution in [2.24, 2.45) is 0 Å². The molecule has 2 aromatic carbocycles. The van der Waals surface area contributed by atoms with Gasteiger partial charge in [0.15, 0.2) is 6.61 Å². The van der Waals surface area contributed by atoms with Crippen LogP contribution in [-0.4, -0.2) is 30.6 Å². The zero-order chi connectivity index (χ0) is 20.0. The van der Waals surface area contributed by atoms with E-state index in [-0.39, 0.29) is 11.3 Å². The number of nitrogens with one attached hydrogen (secondary N) is 2. The van der Waals surface area contributed by atoms with Crippen LogP contribution in [0.3, 0.4) is 0 Å². The Morgan fingerprint density at radius 1 is 0.963 bits per heavy atom. The first-order valence-electron chi connectivity index (χ1n) is 7.36. The van der Waals surface area contributed by atoms with E-state index in [1.807, 2.05) is 0 Å². The summed E-state index contributed by atoms with van der Waals surface area (Å²) in [5.74, 6) is -3.58. The van der Waals surface area contributed by atoms with Crippen LogP contribution in [0.2, 0.25) is 5.02 Å². The van der Waals surface area contributed by atoms with Gasteiger partial charge in [0.05, 0.1) is 5.56 Å². The SMILES string of the molecule is O=C(COC(=O)c1ccc(NC(=O)C(F)(F)F)cc1)Nc1cccc(Cl)c1. The number of alkyl halides is 3. The van der Waals surface area contributed by atoms with Crippen LogP contribution >= 0.6 is 11.6 Å². The first-order valence-corrected chi connectivity index (χ1v) is 7.74. The standard InChI is InChI=1S/C17H12ClF3N2O4/c18-11-2-1-3-13(8-11)22-14(24)9-27-15(25)10-4-6-12(7-5-10)23-16(26)17(19,20)21/h1-8H,9H2,(H,22,24)(H,23,26). The average Bonchev–Trinajstić information content (AvgIpc) is 2.59. The van der Waals surface area contributed by atoms with Gasteiger partial charge in [0, 0.05) is 16.4 Å². The lowest BCUT2D eigenvalue weighted by molar-refractivity contribution is -0.167. The van der Waals surface area contributed by atoms with Gasteiger partial charge < -0.3 is 15.4 Å². The summed E-state index contributed by atoms with van der Waals surface area (Å²) in [5, 5.41) is 4.54. The molecular weight excluding hydrogens is 389 g/mol. The molecule has 0 atom stereocenters. The Bertz CT molecular complexity index is 854. The summed E-state index contributed by atoms with van der Waals surface area (Å²) in [7, 11) is 0. The molecule has 0 saturated heterocycles. The van der Waals surface area contributed by atoms with E-state index < -0.39 is 30.6 Å². The van der Waals surface area contributed by atoms with Gasteiger partial charge >= 0.3 is 18.1 Å². The van der Waals surface area contributed by atoms with Crippen molar-refractivity contribution in [1.82, 2.24) is 0 Å². The Balaban J connectivity index is 1.87. The molecule has 0 saturated carbocycles. The number of amides is 2. The summed E-state index contributed by atoms with van der Waals surface area (Å²) in [5.41, 5.74) is 0.274. The summed E-state index contributed by atoms with van der Waals surface area (Å²) >= 11 is 5.78.